The third kappa shape index (κ3) is 4.09. The van der Waals surface area contributed by atoms with E-state index >= 15 is 0 Å². The molecule has 0 aliphatic heterocycles. The molecule has 1 aromatic carbocycles. The molecule has 0 bridgehead atoms. The summed E-state index contributed by atoms with van der Waals surface area (Å²) in [5.74, 6) is 0.773. The number of nitrogens with one attached hydrogen (secondary N) is 1. The Morgan fingerprint density at radius 1 is 1.23 bits per heavy atom. The van der Waals surface area contributed by atoms with Gasteiger partial charge in [0.25, 0.3) is 0 Å². The summed E-state index contributed by atoms with van der Waals surface area (Å²) in [6.45, 7) is 3.43. The quantitative estimate of drug-likeness (QED) is 0.728. The average molecular weight is 177 g/mol. The van der Waals surface area contributed by atoms with Gasteiger partial charge in [-0.05, 0) is 37.9 Å². The van der Waals surface area contributed by atoms with Crippen molar-refractivity contribution in [2.45, 2.75) is 19.8 Å². The van der Waals surface area contributed by atoms with E-state index in [1.807, 2.05) is 7.05 Å². The van der Waals surface area contributed by atoms with Crippen molar-refractivity contribution in [1.29, 1.82) is 0 Å². The average Bonchev–Trinajstić information content (AvgIpc) is 2.16. The zero-order valence-electron chi connectivity index (χ0n) is 8.59. The highest BCUT2D eigenvalue weighted by Crippen LogP contribution is 2.10. The van der Waals surface area contributed by atoms with E-state index < -0.39 is 0 Å². The molecular formula is C12H19N. The van der Waals surface area contributed by atoms with Gasteiger partial charge in [0.2, 0.25) is 0 Å². The number of hydrogen-bond acceptors (Lipinski definition) is 1. The molecule has 1 unspecified atom stereocenters. The smallest absolute Gasteiger partial charge is 0.00493 e. The summed E-state index contributed by atoms with van der Waals surface area (Å²) in [4.78, 5) is 0. The molecule has 0 saturated heterocycles. The second-order valence-electron chi connectivity index (χ2n) is 3.69. The van der Waals surface area contributed by atoms with Gasteiger partial charge in [-0.15, -0.1) is 0 Å². The van der Waals surface area contributed by atoms with Gasteiger partial charge in [-0.3, -0.25) is 0 Å². The normalized spacial score (nSPS) is 12.8. The van der Waals surface area contributed by atoms with Crippen LogP contribution in [0.25, 0.3) is 0 Å². The van der Waals surface area contributed by atoms with Crippen molar-refractivity contribution >= 4 is 0 Å². The van der Waals surface area contributed by atoms with Gasteiger partial charge in [-0.25, -0.2) is 0 Å². The number of benzene rings is 1. The van der Waals surface area contributed by atoms with Gasteiger partial charge >= 0.3 is 0 Å². The third-order valence-corrected chi connectivity index (χ3v) is 2.31. The molecule has 0 aliphatic rings. The van der Waals surface area contributed by atoms with Gasteiger partial charge in [0.05, 0.1) is 0 Å². The topological polar surface area (TPSA) is 12.0 Å². The van der Waals surface area contributed by atoms with Crippen molar-refractivity contribution in [3.8, 4) is 0 Å². The predicted octanol–water partition coefficient (Wildman–Crippen LogP) is 2.47. The van der Waals surface area contributed by atoms with Crippen LogP contribution >= 0.6 is 0 Å². The van der Waals surface area contributed by atoms with Gasteiger partial charge in [-0.2, -0.15) is 0 Å². The fourth-order valence-electron chi connectivity index (χ4n) is 1.51. The summed E-state index contributed by atoms with van der Waals surface area (Å²) < 4.78 is 0. The highest BCUT2D eigenvalue weighted by atomic mass is 14.8. The molecule has 72 valence electrons. The van der Waals surface area contributed by atoms with E-state index in [-0.39, 0.29) is 0 Å². The van der Waals surface area contributed by atoms with Crippen LogP contribution in [0.3, 0.4) is 0 Å². The maximum Gasteiger partial charge on any atom is -0.00493 e. The molecule has 1 aromatic rings. The van der Waals surface area contributed by atoms with Crippen molar-refractivity contribution in [1.82, 2.24) is 5.32 Å². The second-order valence-corrected chi connectivity index (χ2v) is 3.69. The zero-order valence-corrected chi connectivity index (χ0v) is 8.59. The second kappa shape index (κ2) is 5.76. The fraction of sp³-hybridized carbons (Fsp3) is 0.500. The molecule has 1 N–H and O–H groups in total. The van der Waals surface area contributed by atoms with Gasteiger partial charge in [0.15, 0.2) is 0 Å². The molecule has 0 saturated carbocycles. The molecule has 1 nitrogen and oxygen atoms in total. The molecule has 1 heteroatoms. The van der Waals surface area contributed by atoms with Crippen LogP contribution in [0.1, 0.15) is 18.9 Å². The maximum atomic E-state index is 3.18. The van der Waals surface area contributed by atoms with Crippen LogP contribution in [-0.2, 0) is 6.42 Å². The Hall–Kier alpha value is -0.820. The van der Waals surface area contributed by atoms with Crippen LogP contribution in [0.2, 0.25) is 0 Å². The van der Waals surface area contributed by atoms with Crippen molar-refractivity contribution in [2.24, 2.45) is 5.92 Å². The highest BCUT2D eigenvalue weighted by Gasteiger charge is 2.01. The minimum atomic E-state index is 0.773. The van der Waals surface area contributed by atoms with E-state index in [4.69, 9.17) is 0 Å². The van der Waals surface area contributed by atoms with E-state index in [1.54, 1.807) is 0 Å². The monoisotopic (exact) mass is 177 g/mol. The lowest BCUT2D eigenvalue weighted by Crippen LogP contribution is -2.12. The van der Waals surface area contributed by atoms with Crippen LogP contribution in [0, 0.1) is 5.92 Å². The Kier molecular flexibility index (Phi) is 4.55. The molecule has 0 heterocycles. The van der Waals surface area contributed by atoms with E-state index in [2.05, 4.69) is 42.6 Å². The standard InChI is InChI=1S/C12H19N/c1-11(8-9-13-2)10-12-6-4-3-5-7-12/h3-7,11,13H,8-10H2,1-2H3. The maximum absolute atomic E-state index is 3.18. The van der Waals surface area contributed by atoms with Crippen molar-refractivity contribution in [3.63, 3.8) is 0 Å². The summed E-state index contributed by atoms with van der Waals surface area (Å²) in [7, 11) is 2.01. The third-order valence-electron chi connectivity index (χ3n) is 2.31. The number of rotatable bonds is 5. The van der Waals surface area contributed by atoms with Gasteiger partial charge in [0, 0.05) is 0 Å². The Morgan fingerprint density at radius 3 is 2.54 bits per heavy atom. The van der Waals surface area contributed by atoms with Crippen molar-refractivity contribution < 1.29 is 0 Å². The predicted molar refractivity (Wildman–Crippen MR) is 57.9 cm³/mol. The summed E-state index contributed by atoms with van der Waals surface area (Å²) in [5.41, 5.74) is 1.45. The van der Waals surface area contributed by atoms with Crippen molar-refractivity contribution in [3.05, 3.63) is 35.9 Å². The Bertz CT molecular complexity index is 218. The van der Waals surface area contributed by atoms with E-state index in [9.17, 15) is 0 Å². The van der Waals surface area contributed by atoms with E-state index in [1.165, 1.54) is 18.4 Å². The summed E-state index contributed by atoms with van der Waals surface area (Å²) in [6, 6.07) is 10.7. The first kappa shape index (κ1) is 10.3. The largest absolute Gasteiger partial charge is 0.320 e. The molecule has 0 aromatic heterocycles. The minimum Gasteiger partial charge on any atom is -0.320 e. The first-order valence-electron chi connectivity index (χ1n) is 5.01. The molecular weight excluding hydrogens is 158 g/mol. The SMILES string of the molecule is CNCCC(C)Cc1ccccc1. The lowest BCUT2D eigenvalue weighted by atomic mass is 9.98. The lowest BCUT2D eigenvalue weighted by Gasteiger charge is -2.10. The Morgan fingerprint density at radius 2 is 1.92 bits per heavy atom. The van der Waals surface area contributed by atoms with Crippen LogP contribution in [-0.4, -0.2) is 13.6 Å². The molecule has 0 amide bonds. The molecule has 13 heavy (non-hydrogen) atoms. The summed E-state index contributed by atoms with van der Waals surface area (Å²) in [6.07, 6.45) is 2.45. The van der Waals surface area contributed by atoms with Crippen LogP contribution < -0.4 is 5.32 Å². The molecule has 0 spiro atoms. The van der Waals surface area contributed by atoms with Crippen molar-refractivity contribution in [2.75, 3.05) is 13.6 Å². The first-order valence-corrected chi connectivity index (χ1v) is 5.01. The lowest BCUT2D eigenvalue weighted by molar-refractivity contribution is 0.515. The van der Waals surface area contributed by atoms with Gasteiger partial charge < -0.3 is 5.32 Å². The van der Waals surface area contributed by atoms with Crippen LogP contribution in [0.5, 0.6) is 0 Å². The molecule has 1 rings (SSSR count). The summed E-state index contributed by atoms with van der Waals surface area (Å²) >= 11 is 0. The minimum absolute atomic E-state index is 0.773. The first-order chi connectivity index (χ1) is 6.33. The van der Waals surface area contributed by atoms with Gasteiger partial charge in [-0.1, -0.05) is 37.3 Å². The zero-order chi connectivity index (χ0) is 9.52. The molecule has 0 aliphatic carbocycles. The molecule has 1 atom stereocenters. The van der Waals surface area contributed by atoms with E-state index in [0.717, 1.165) is 12.5 Å². The highest BCUT2D eigenvalue weighted by molar-refractivity contribution is 5.14. The Labute approximate surface area is 81.2 Å². The van der Waals surface area contributed by atoms with Gasteiger partial charge in [0.1, 0.15) is 0 Å². The van der Waals surface area contributed by atoms with E-state index in [0.29, 0.717) is 0 Å². The Balaban J connectivity index is 2.32. The fourth-order valence-corrected chi connectivity index (χ4v) is 1.51. The molecule has 0 radical (unpaired) electrons. The molecule has 0 fully saturated rings. The van der Waals surface area contributed by atoms with Crippen LogP contribution in [0.15, 0.2) is 30.3 Å². The van der Waals surface area contributed by atoms with Crippen LogP contribution in [0.4, 0.5) is 0 Å². The number of hydrogen-bond donors (Lipinski definition) is 1. The summed E-state index contributed by atoms with van der Waals surface area (Å²) in [5, 5.41) is 3.18.